The standard InChI is InChI=1S/C28H39FN4O5S/c1-18(2)17-38-23-12-20(11-21(29)13-23)25-8-7-24(26(30-25)33-15-19(3)14-28(33,4)5)27(34)31-39(35,36)32-10-9-22(16-32)37-6/h7-8,11-13,18-19,22H,9-10,14-17H2,1-6H3,(H,31,34)/t19-,22?/m0/s1. The number of amides is 1. The number of hydrogen-bond donors (Lipinski definition) is 1. The number of ether oxygens (including phenoxy) is 2. The van der Waals surface area contributed by atoms with Crippen molar-refractivity contribution < 1.29 is 27.1 Å². The Morgan fingerprint density at radius 1 is 1.23 bits per heavy atom. The van der Waals surface area contributed by atoms with E-state index < -0.39 is 21.9 Å². The molecule has 2 aliphatic rings. The van der Waals surface area contributed by atoms with Crippen molar-refractivity contribution in [1.82, 2.24) is 14.0 Å². The van der Waals surface area contributed by atoms with Crippen molar-refractivity contribution >= 4 is 21.9 Å². The molecular weight excluding hydrogens is 523 g/mol. The lowest BCUT2D eigenvalue weighted by Crippen LogP contribution is -2.44. The van der Waals surface area contributed by atoms with Crippen LogP contribution in [0.4, 0.5) is 10.2 Å². The highest BCUT2D eigenvalue weighted by Gasteiger charge is 2.40. The molecule has 0 bridgehead atoms. The van der Waals surface area contributed by atoms with Crippen molar-refractivity contribution in [3.8, 4) is 17.0 Å². The van der Waals surface area contributed by atoms with Crippen LogP contribution in [0.1, 0.15) is 57.8 Å². The van der Waals surface area contributed by atoms with Gasteiger partial charge in [0, 0.05) is 43.9 Å². The fourth-order valence-corrected chi connectivity index (χ4v) is 6.54. The van der Waals surface area contributed by atoms with Crippen LogP contribution in [0.3, 0.4) is 0 Å². The molecule has 0 spiro atoms. The van der Waals surface area contributed by atoms with Crippen LogP contribution in [0, 0.1) is 17.7 Å². The van der Waals surface area contributed by atoms with Gasteiger partial charge in [0.05, 0.1) is 24.0 Å². The van der Waals surface area contributed by atoms with E-state index in [1.165, 1.54) is 23.5 Å². The van der Waals surface area contributed by atoms with E-state index in [4.69, 9.17) is 14.5 Å². The number of benzene rings is 1. The molecule has 0 radical (unpaired) electrons. The zero-order valence-corrected chi connectivity index (χ0v) is 24.3. The van der Waals surface area contributed by atoms with Gasteiger partial charge >= 0.3 is 10.2 Å². The molecule has 4 rings (SSSR count). The van der Waals surface area contributed by atoms with E-state index in [-0.39, 0.29) is 36.2 Å². The molecule has 1 aromatic carbocycles. The summed E-state index contributed by atoms with van der Waals surface area (Å²) in [6, 6.07) is 7.59. The van der Waals surface area contributed by atoms with Gasteiger partial charge in [-0.05, 0) is 62.8 Å². The number of rotatable bonds is 9. The highest BCUT2D eigenvalue weighted by molar-refractivity contribution is 7.87. The second-order valence-electron chi connectivity index (χ2n) is 11.6. The molecule has 214 valence electrons. The van der Waals surface area contributed by atoms with Crippen molar-refractivity contribution in [2.24, 2.45) is 11.8 Å². The minimum atomic E-state index is -4.08. The molecule has 0 saturated carbocycles. The maximum Gasteiger partial charge on any atom is 0.304 e. The number of hydrogen-bond acceptors (Lipinski definition) is 7. The molecule has 2 aliphatic heterocycles. The van der Waals surface area contributed by atoms with Crippen LogP contribution in [0.15, 0.2) is 30.3 Å². The fraction of sp³-hybridized carbons (Fsp3) is 0.571. The molecule has 39 heavy (non-hydrogen) atoms. The third-order valence-corrected chi connectivity index (χ3v) is 8.66. The van der Waals surface area contributed by atoms with Crippen LogP contribution in [0.2, 0.25) is 0 Å². The molecule has 1 unspecified atom stereocenters. The highest BCUT2D eigenvalue weighted by Crippen LogP contribution is 2.38. The van der Waals surface area contributed by atoms with Gasteiger partial charge in [-0.25, -0.2) is 14.1 Å². The smallest absolute Gasteiger partial charge is 0.304 e. The molecule has 9 nitrogen and oxygen atoms in total. The van der Waals surface area contributed by atoms with Crippen molar-refractivity contribution in [2.45, 2.75) is 59.1 Å². The maximum absolute atomic E-state index is 14.5. The number of carbonyl (C=O) groups excluding carboxylic acids is 1. The summed E-state index contributed by atoms with van der Waals surface area (Å²) in [5.41, 5.74) is 0.769. The Morgan fingerprint density at radius 2 is 1.97 bits per heavy atom. The molecule has 2 saturated heterocycles. The van der Waals surface area contributed by atoms with Gasteiger partial charge < -0.3 is 14.4 Å². The maximum atomic E-state index is 14.5. The van der Waals surface area contributed by atoms with Crippen LogP contribution in [0.25, 0.3) is 11.3 Å². The predicted molar refractivity (Wildman–Crippen MR) is 149 cm³/mol. The third kappa shape index (κ3) is 6.70. The van der Waals surface area contributed by atoms with E-state index in [9.17, 15) is 17.6 Å². The van der Waals surface area contributed by atoms with Crippen molar-refractivity contribution in [3.63, 3.8) is 0 Å². The Morgan fingerprint density at radius 3 is 2.59 bits per heavy atom. The van der Waals surface area contributed by atoms with Gasteiger partial charge in [-0.2, -0.15) is 12.7 Å². The van der Waals surface area contributed by atoms with Gasteiger partial charge in [-0.15, -0.1) is 0 Å². The van der Waals surface area contributed by atoms with Crippen molar-refractivity contribution in [3.05, 3.63) is 41.7 Å². The molecule has 0 aliphatic carbocycles. The summed E-state index contributed by atoms with van der Waals surface area (Å²) in [6.07, 6.45) is 1.22. The van der Waals surface area contributed by atoms with Gasteiger partial charge in [0.15, 0.2) is 0 Å². The first-order chi connectivity index (χ1) is 18.3. The number of halogens is 1. The molecule has 1 aromatic heterocycles. The largest absolute Gasteiger partial charge is 0.493 e. The summed E-state index contributed by atoms with van der Waals surface area (Å²) in [5, 5.41) is 0. The van der Waals surface area contributed by atoms with Gasteiger partial charge in [-0.3, -0.25) is 4.79 Å². The number of aromatic nitrogens is 1. The Balaban J connectivity index is 1.71. The first-order valence-corrected chi connectivity index (χ1v) is 14.8. The summed E-state index contributed by atoms with van der Waals surface area (Å²) in [6.45, 7) is 11.8. The average molecular weight is 563 g/mol. The van der Waals surface area contributed by atoms with Crippen molar-refractivity contribution in [1.29, 1.82) is 0 Å². The Hall–Kier alpha value is -2.76. The van der Waals surface area contributed by atoms with E-state index in [1.807, 2.05) is 18.7 Å². The van der Waals surface area contributed by atoms with Crippen LogP contribution >= 0.6 is 0 Å². The van der Waals surface area contributed by atoms with Crippen LogP contribution in [-0.4, -0.2) is 68.6 Å². The molecule has 11 heteroatoms. The Labute approximate surface area is 230 Å². The first kappa shape index (κ1) is 29.2. The monoisotopic (exact) mass is 562 g/mol. The molecule has 2 fully saturated rings. The topological polar surface area (TPSA) is 101 Å². The average Bonchev–Trinajstić information content (AvgIpc) is 3.45. The fourth-order valence-electron chi connectivity index (χ4n) is 5.35. The van der Waals surface area contributed by atoms with E-state index >= 15 is 0 Å². The number of nitrogens with zero attached hydrogens (tertiary/aromatic N) is 3. The molecule has 1 N–H and O–H groups in total. The van der Waals surface area contributed by atoms with E-state index in [0.717, 1.165) is 6.42 Å². The van der Waals surface area contributed by atoms with E-state index in [2.05, 4.69) is 25.5 Å². The quantitative estimate of drug-likeness (QED) is 0.488. The highest BCUT2D eigenvalue weighted by atomic mass is 32.2. The summed E-state index contributed by atoms with van der Waals surface area (Å²) in [7, 11) is -2.54. The molecule has 2 atom stereocenters. The second kappa shape index (κ2) is 11.4. The summed E-state index contributed by atoms with van der Waals surface area (Å²) >= 11 is 0. The number of pyridine rings is 1. The molecule has 1 amide bonds. The number of anilines is 1. The zero-order chi connectivity index (χ0) is 28.5. The van der Waals surface area contributed by atoms with E-state index in [0.29, 0.717) is 48.3 Å². The predicted octanol–water partition coefficient (Wildman–Crippen LogP) is 4.24. The lowest BCUT2D eigenvalue weighted by molar-refractivity contribution is 0.0977. The van der Waals surface area contributed by atoms with Gasteiger partial charge in [0.1, 0.15) is 17.4 Å². The number of nitrogens with one attached hydrogen (secondary N) is 1. The Bertz CT molecular complexity index is 1320. The lowest BCUT2D eigenvalue weighted by Gasteiger charge is -2.34. The minimum absolute atomic E-state index is 0.139. The Kier molecular flexibility index (Phi) is 8.53. The van der Waals surface area contributed by atoms with Crippen LogP contribution < -0.4 is 14.4 Å². The second-order valence-corrected chi connectivity index (χ2v) is 13.3. The summed E-state index contributed by atoms with van der Waals surface area (Å²) < 4.78 is 55.0. The molecule has 2 aromatic rings. The summed E-state index contributed by atoms with van der Waals surface area (Å²) in [5.74, 6) is 0.143. The van der Waals surface area contributed by atoms with Gasteiger partial charge in [0.2, 0.25) is 0 Å². The normalized spacial score (nSPS) is 21.5. The van der Waals surface area contributed by atoms with Crippen LogP contribution in [0.5, 0.6) is 5.75 Å². The van der Waals surface area contributed by atoms with Crippen molar-refractivity contribution in [2.75, 3.05) is 38.3 Å². The van der Waals surface area contributed by atoms with Gasteiger partial charge in [-0.1, -0.05) is 20.8 Å². The molecule has 3 heterocycles. The van der Waals surface area contributed by atoms with Gasteiger partial charge in [0.25, 0.3) is 5.91 Å². The lowest BCUT2D eigenvalue weighted by atomic mass is 9.97. The minimum Gasteiger partial charge on any atom is -0.493 e. The number of carbonyl (C=O) groups is 1. The first-order valence-electron chi connectivity index (χ1n) is 13.4. The zero-order valence-electron chi connectivity index (χ0n) is 23.5. The summed E-state index contributed by atoms with van der Waals surface area (Å²) in [4.78, 5) is 20.3. The SMILES string of the molecule is COC1CCN(S(=O)(=O)NC(=O)c2ccc(-c3cc(F)cc(OCC(C)C)c3)nc2N2C[C@@H](C)CC2(C)C)C1. The number of methoxy groups -OCH3 is 1. The van der Waals surface area contributed by atoms with Crippen LogP contribution in [-0.2, 0) is 14.9 Å². The third-order valence-electron chi connectivity index (χ3n) is 7.20. The molecular formula is C28H39FN4O5S. The van der Waals surface area contributed by atoms with E-state index in [1.54, 1.807) is 18.2 Å².